The average Bonchev–Trinajstić information content (AvgIpc) is 3.40. The van der Waals surface area contributed by atoms with E-state index in [1.807, 2.05) is 25.2 Å². The van der Waals surface area contributed by atoms with E-state index in [4.69, 9.17) is 0 Å². The van der Waals surface area contributed by atoms with E-state index in [1.54, 1.807) is 0 Å². The van der Waals surface area contributed by atoms with E-state index in [2.05, 4.69) is 31.9 Å². The number of aliphatic imine (C=N–C) groups is 1. The van der Waals surface area contributed by atoms with Gasteiger partial charge in [-0.15, -0.1) is 0 Å². The van der Waals surface area contributed by atoms with Gasteiger partial charge in [0.1, 0.15) is 0 Å². The second kappa shape index (κ2) is 7.66. The Balaban J connectivity index is 1.27. The Morgan fingerprint density at radius 3 is 2.85 bits per heavy atom. The molecule has 1 aromatic rings. The minimum atomic E-state index is 0.0876. The molecule has 1 aliphatic carbocycles. The first-order valence-electron chi connectivity index (χ1n) is 9.80. The lowest BCUT2D eigenvalue weighted by Crippen LogP contribution is -2.42. The van der Waals surface area contributed by atoms with Gasteiger partial charge in [-0.25, -0.2) is 0 Å². The number of nitrogens with zero attached hydrogens (tertiary/aromatic N) is 2. The maximum Gasteiger partial charge on any atom is 0.225 e. The van der Waals surface area contributed by atoms with E-state index in [9.17, 15) is 4.79 Å². The van der Waals surface area contributed by atoms with Crippen LogP contribution in [-0.4, -0.2) is 56.0 Å². The summed E-state index contributed by atoms with van der Waals surface area (Å²) in [4.78, 5) is 18.9. The molecule has 2 aliphatic heterocycles. The van der Waals surface area contributed by atoms with Gasteiger partial charge in [0.25, 0.3) is 0 Å². The maximum absolute atomic E-state index is 12.0. The molecule has 26 heavy (non-hydrogen) atoms. The number of benzene rings is 1. The van der Waals surface area contributed by atoms with Crippen LogP contribution < -0.4 is 16.0 Å². The molecule has 2 fully saturated rings. The number of hydrogen-bond donors (Lipinski definition) is 3. The molecule has 3 N–H and O–H groups in total. The molecule has 2 atom stereocenters. The fourth-order valence-electron chi connectivity index (χ4n) is 4.17. The molecule has 1 amide bonds. The van der Waals surface area contributed by atoms with Crippen LogP contribution in [0, 0.1) is 5.92 Å². The standard InChI is InChI=1S/C20H29N5O/c1-21-20(22-11-14-8-9-25(13-14)16-6-7-16)23-12-15-10-19(26)24-18-5-3-2-4-17(15)18/h2-5,14-16H,6-13H2,1H3,(H,24,26)(H2,21,22,23). The third kappa shape index (κ3) is 4.01. The highest BCUT2D eigenvalue weighted by Gasteiger charge is 2.34. The van der Waals surface area contributed by atoms with Crippen molar-refractivity contribution in [2.45, 2.75) is 37.6 Å². The van der Waals surface area contributed by atoms with Gasteiger partial charge in [-0.1, -0.05) is 18.2 Å². The van der Waals surface area contributed by atoms with Crippen molar-refractivity contribution in [3.63, 3.8) is 0 Å². The normalized spacial score (nSPS) is 26.3. The molecule has 0 bridgehead atoms. The van der Waals surface area contributed by atoms with E-state index < -0.39 is 0 Å². The van der Waals surface area contributed by atoms with Crippen LogP contribution in [0.2, 0.25) is 0 Å². The maximum atomic E-state index is 12.0. The first kappa shape index (κ1) is 17.3. The molecule has 140 valence electrons. The lowest BCUT2D eigenvalue weighted by atomic mass is 9.90. The fraction of sp³-hybridized carbons (Fsp3) is 0.600. The highest BCUT2D eigenvalue weighted by atomic mass is 16.1. The Labute approximate surface area is 155 Å². The number of likely N-dealkylation sites (tertiary alicyclic amines) is 1. The Morgan fingerprint density at radius 1 is 1.23 bits per heavy atom. The zero-order valence-electron chi connectivity index (χ0n) is 15.5. The monoisotopic (exact) mass is 355 g/mol. The molecule has 4 rings (SSSR count). The van der Waals surface area contributed by atoms with E-state index >= 15 is 0 Å². The molecular formula is C20H29N5O. The van der Waals surface area contributed by atoms with Crippen molar-refractivity contribution < 1.29 is 4.79 Å². The number of para-hydroxylation sites is 1. The molecule has 6 heteroatoms. The van der Waals surface area contributed by atoms with Gasteiger partial charge >= 0.3 is 0 Å². The number of anilines is 1. The van der Waals surface area contributed by atoms with Gasteiger partial charge in [-0.2, -0.15) is 0 Å². The number of hydrogen-bond acceptors (Lipinski definition) is 3. The summed E-state index contributed by atoms with van der Waals surface area (Å²) in [5, 5.41) is 9.85. The molecular weight excluding hydrogens is 326 g/mol. The molecule has 1 saturated carbocycles. The van der Waals surface area contributed by atoms with Crippen molar-refractivity contribution in [2.75, 3.05) is 38.5 Å². The predicted octanol–water partition coefficient (Wildman–Crippen LogP) is 1.76. The second-order valence-electron chi connectivity index (χ2n) is 7.75. The number of fused-ring (bicyclic) bond motifs is 1. The Hall–Kier alpha value is -2.08. The van der Waals surface area contributed by atoms with Crippen molar-refractivity contribution in [2.24, 2.45) is 10.9 Å². The zero-order valence-corrected chi connectivity index (χ0v) is 15.5. The van der Waals surface area contributed by atoms with Gasteiger partial charge < -0.3 is 20.9 Å². The summed E-state index contributed by atoms with van der Waals surface area (Å²) in [5.74, 6) is 1.80. The second-order valence-corrected chi connectivity index (χ2v) is 7.75. The Morgan fingerprint density at radius 2 is 2.04 bits per heavy atom. The van der Waals surface area contributed by atoms with E-state index in [1.165, 1.54) is 37.9 Å². The van der Waals surface area contributed by atoms with Crippen LogP contribution in [0.15, 0.2) is 29.3 Å². The van der Waals surface area contributed by atoms with Crippen molar-refractivity contribution in [3.05, 3.63) is 29.8 Å². The fourth-order valence-corrected chi connectivity index (χ4v) is 4.17. The molecule has 0 spiro atoms. The van der Waals surface area contributed by atoms with Crippen molar-refractivity contribution in [3.8, 4) is 0 Å². The Kier molecular flexibility index (Phi) is 5.11. The van der Waals surface area contributed by atoms with Gasteiger partial charge in [0.15, 0.2) is 5.96 Å². The van der Waals surface area contributed by atoms with Crippen molar-refractivity contribution in [1.82, 2.24) is 15.5 Å². The lowest BCUT2D eigenvalue weighted by molar-refractivity contribution is -0.116. The number of carbonyl (C=O) groups excluding carboxylic acids is 1. The van der Waals surface area contributed by atoms with E-state index in [0.717, 1.165) is 24.2 Å². The summed E-state index contributed by atoms with van der Waals surface area (Å²) in [6.45, 7) is 4.13. The first-order chi connectivity index (χ1) is 12.7. The van der Waals surface area contributed by atoms with Crippen LogP contribution in [-0.2, 0) is 4.79 Å². The summed E-state index contributed by atoms with van der Waals surface area (Å²) in [6.07, 6.45) is 4.57. The SMILES string of the molecule is CN=C(NCC1CCN(C2CC2)C1)NCC1CC(=O)Nc2ccccc21. The van der Waals surface area contributed by atoms with Crippen LogP contribution in [0.3, 0.4) is 0 Å². The summed E-state index contributed by atoms with van der Waals surface area (Å²) in [7, 11) is 1.81. The number of rotatable bonds is 5. The number of guanidine groups is 1. The van der Waals surface area contributed by atoms with Crippen LogP contribution in [0.5, 0.6) is 0 Å². The zero-order chi connectivity index (χ0) is 17.9. The molecule has 1 aromatic carbocycles. The summed E-state index contributed by atoms with van der Waals surface area (Å²) in [6, 6.07) is 8.93. The van der Waals surface area contributed by atoms with Gasteiger partial charge in [0.2, 0.25) is 5.91 Å². The van der Waals surface area contributed by atoms with E-state index in [0.29, 0.717) is 18.9 Å². The quantitative estimate of drug-likeness (QED) is 0.556. The molecule has 0 aromatic heterocycles. The number of amides is 1. The highest BCUT2D eigenvalue weighted by Crippen LogP contribution is 2.32. The lowest BCUT2D eigenvalue weighted by Gasteiger charge is -2.26. The molecule has 1 saturated heterocycles. The van der Waals surface area contributed by atoms with E-state index in [-0.39, 0.29) is 11.8 Å². The first-order valence-corrected chi connectivity index (χ1v) is 9.80. The highest BCUT2D eigenvalue weighted by molar-refractivity contribution is 5.94. The summed E-state index contributed by atoms with van der Waals surface area (Å²) < 4.78 is 0. The molecule has 2 unspecified atom stereocenters. The molecule has 6 nitrogen and oxygen atoms in total. The van der Waals surface area contributed by atoms with Crippen molar-refractivity contribution in [1.29, 1.82) is 0 Å². The number of nitrogens with one attached hydrogen (secondary N) is 3. The van der Waals surface area contributed by atoms with Crippen LogP contribution in [0.25, 0.3) is 0 Å². The topological polar surface area (TPSA) is 68.8 Å². The molecule has 2 heterocycles. The third-order valence-electron chi connectivity index (χ3n) is 5.78. The van der Waals surface area contributed by atoms with Crippen molar-refractivity contribution >= 4 is 17.6 Å². The van der Waals surface area contributed by atoms with Crippen LogP contribution in [0.1, 0.15) is 37.2 Å². The van der Waals surface area contributed by atoms with Crippen LogP contribution >= 0.6 is 0 Å². The third-order valence-corrected chi connectivity index (χ3v) is 5.78. The summed E-state index contributed by atoms with van der Waals surface area (Å²) in [5.41, 5.74) is 2.13. The Bertz CT molecular complexity index is 685. The summed E-state index contributed by atoms with van der Waals surface area (Å²) >= 11 is 0. The minimum Gasteiger partial charge on any atom is -0.356 e. The minimum absolute atomic E-state index is 0.0876. The smallest absolute Gasteiger partial charge is 0.225 e. The predicted molar refractivity (Wildman–Crippen MR) is 104 cm³/mol. The molecule has 3 aliphatic rings. The average molecular weight is 355 g/mol. The largest absolute Gasteiger partial charge is 0.356 e. The van der Waals surface area contributed by atoms with Crippen LogP contribution in [0.4, 0.5) is 5.69 Å². The van der Waals surface area contributed by atoms with Gasteiger partial charge in [0.05, 0.1) is 0 Å². The van der Waals surface area contributed by atoms with Gasteiger partial charge in [0, 0.05) is 50.7 Å². The van der Waals surface area contributed by atoms with Gasteiger partial charge in [-0.05, 0) is 43.4 Å². The van der Waals surface area contributed by atoms with Gasteiger partial charge in [-0.3, -0.25) is 9.79 Å². The molecule has 0 radical (unpaired) electrons. The number of carbonyl (C=O) groups is 1.